The Morgan fingerprint density at radius 2 is 1.78 bits per heavy atom. The molecule has 2 N–H and O–H groups in total. The van der Waals surface area contributed by atoms with Crippen LogP contribution >= 0.6 is 0 Å². The number of nitrogens with two attached hydrogens (primary N) is 1. The number of rotatable bonds is 4. The van der Waals surface area contributed by atoms with E-state index >= 15 is 0 Å². The average molecular weight is 249 g/mol. The summed E-state index contributed by atoms with van der Waals surface area (Å²) in [4.78, 5) is 4.90. The van der Waals surface area contributed by atoms with Crippen molar-refractivity contribution in [2.75, 3.05) is 50.5 Å². The summed E-state index contributed by atoms with van der Waals surface area (Å²) in [6.07, 6.45) is 0. The Kier molecular flexibility index (Phi) is 4.44. The van der Waals surface area contributed by atoms with Crippen molar-refractivity contribution in [3.8, 4) is 0 Å². The van der Waals surface area contributed by atoms with Crippen LogP contribution < -0.4 is 10.6 Å². The molecule has 1 aromatic carbocycles. The number of hydrogen-bond acceptors (Lipinski definition) is 4. The Hall–Kier alpha value is -1.26. The van der Waals surface area contributed by atoms with Crippen LogP contribution in [0.2, 0.25) is 0 Å². The molecule has 0 amide bonds. The lowest BCUT2D eigenvalue weighted by molar-refractivity contribution is 0.0953. The van der Waals surface area contributed by atoms with Crippen LogP contribution in [-0.4, -0.2) is 50.8 Å². The van der Waals surface area contributed by atoms with Crippen LogP contribution in [0.25, 0.3) is 0 Å². The summed E-state index contributed by atoms with van der Waals surface area (Å²) in [6.45, 7) is 7.35. The van der Waals surface area contributed by atoms with E-state index in [4.69, 9.17) is 10.5 Å². The summed E-state index contributed by atoms with van der Waals surface area (Å²) < 4.78 is 5.21. The van der Waals surface area contributed by atoms with Crippen LogP contribution in [0.4, 0.5) is 11.4 Å². The van der Waals surface area contributed by atoms with E-state index in [9.17, 15) is 0 Å². The number of piperazine rings is 1. The van der Waals surface area contributed by atoms with E-state index in [1.54, 1.807) is 7.11 Å². The quantitative estimate of drug-likeness (QED) is 0.820. The zero-order valence-electron chi connectivity index (χ0n) is 11.3. The number of nitrogens with zero attached hydrogens (tertiary/aromatic N) is 2. The van der Waals surface area contributed by atoms with Crippen molar-refractivity contribution in [3.63, 3.8) is 0 Å². The van der Waals surface area contributed by atoms with Gasteiger partial charge in [0.05, 0.1) is 6.61 Å². The van der Waals surface area contributed by atoms with Gasteiger partial charge in [0.1, 0.15) is 0 Å². The van der Waals surface area contributed by atoms with Gasteiger partial charge in [-0.1, -0.05) is 0 Å². The van der Waals surface area contributed by atoms with E-state index < -0.39 is 0 Å². The van der Waals surface area contributed by atoms with Gasteiger partial charge in [-0.2, -0.15) is 0 Å². The number of ether oxygens (including phenoxy) is 1. The normalized spacial score (nSPS) is 18.9. The fraction of sp³-hybridized carbons (Fsp3) is 0.571. The second kappa shape index (κ2) is 6.07. The van der Waals surface area contributed by atoms with Crippen molar-refractivity contribution >= 4 is 11.4 Å². The first-order valence-electron chi connectivity index (χ1n) is 6.54. The third kappa shape index (κ3) is 3.15. The highest BCUT2D eigenvalue weighted by Gasteiger charge is 2.20. The van der Waals surface area contributed by atoms with E-state index in [1.807, 2.05) is 12.1 Å². The number of hydrogen-bond donors (Lipinski definition) is 1. The number of nitrogen functional groups attached to an aromatic ring is 1. The third-order valence-electron chi connectivity index (χ3n) is 3.60. The molecule has 1 fully saturated rings. The monoisotopic (exact) mass is 249 g/mol. The van der Waals surface area contributed by atoms with Gasteiger partial charge in [0, 0.05) is 50.7 Å². The maximum atomic E-state index is 5.71. The van der Waals surface area contributed by atoms with E-state index in [0.29, 0.717) is 6.04 Å². The van der Waals surface area contributed by atoms with Crippen molar-refractivity contribution in [2.45, 2.75) is 13.0 Å². The molecule has 1 saturated heterocycles. The standard InChI is InChI=1S/C14H23N3O/c1-12(11-18-2)16-7-9-17(10-8-16)14-5-3-13(15)4-6-14/h3-6,12H,7-11,15H2,1-2H3. The zero-order valence-corrected chi connectivity index (χ0v) is 11.3. The van der Waals surface area contributed by atoms with E-state index in [2.05, 4.69) is 28.9 Å². The maximum Gasteiger partial charge on any atom is 0.0615 e. The third-order valence-corrected chi connectivity index (χ3v) is 3.60. The number of benzene rings is 1. The Bertz CT molecular complexity index is 358. The minimum absolute atomic E-state index is 0.503. The number of methoxy groups -OCH3 is 1. The smallest absolute Gasteiger partial charge is 0.0615 e. The fourth-order valence-electron chi connectivity index (χ4n) is 2.45. The largest absolute Gasteiger partial charge is 0.399 e. The molecule has 0 spiro atoms. The van der Waals surface area contributed by atoms with Gasteiger partial charge in [-0.05, 0) is 31.2 Å². The molecule has 0 bridgehead atoms. The predicted molar refractivity (Wildman–Crippen MR) is 76.0 cm³/mol. The van der Waals surface area contributed by atoms with Crippen molar-refractivity contribution < 1.29 is 4.74 Å². The van der Waals surface area contributed by atoms with E-state index in [0.717, 1.165) is 38.5 Å². The molecular weight excluding hydrogens is 226 g/mol. The van der Waals surface area contributed by atoms with Gasteiger partial charge in [0.2, 0.25) is 0 Å². The van der Waals surface area contributed by atoms with Crippen LogP contribution in [0.15, 0.2) is 24.3 Å². The molecule has 2 rings (SSSR count). The predicted octanol–water partition coefficient (Wildman–Crippen LogP) is 1.43. The van der Waals surface area contributed by atoms with Crippen LogP contribution in [0.1, 0.15) is 6.92 Å². The minimum atomic E-state index is 0.503. The van der Waals surface area contributed by atoms with Crippen molar-refractivity contribution in [2.24, 2.45) is 0 Å². The summed E-state index contributed by atoms with van der Waals surface area (Å²) in [6, 6.07) is 8.64. The molecule has 1 unspecified atom stereocenters. The molecule has 1 heterocycles. The van der Waals surface area contributed by atoms with E-state index in [1.165, 1.54) is 5.69 Å². The summed E-state index contributed by atoms with van der Waals surface area (Å²) in [5.74, 6) is 0. The maximum absolute atomic E-state index is 5.71. The van der Waals surface area contributed by atoms with E-state index in [-0.39, 0.29) is 0 Å². The summed E-state index contributed by atoms with van der Waals surface area (Å²) in [7, 11) is 1.77. The second-order valence-electron chi connectivity index (χ2n) is 4.92. The highest BCUT2D eigenvalue weighted by molar-refractivity contribution is 5.53. The lowest BCUT2D eigenvalue weighted by atomic mass is 10.2. The van der Waals surface area contributed by atoms with Crippen molar-refractivity contribution in [1.29, 1.82) is 0 Å². The summed E-state index contributed by atoms with van der Waals surface area (Å²) in [5, 5.41) is 0. The number of anilines is 2. The second-order valence-corrected chi connectivity index (χ2v) is 4.92. The Morgan fingerprint density at radius 3 is 2.33 bits per heavy atom. The van der Waals surface area contributed by atoms with Gasteiger partial charge in [0.25, 0.3) is 0 Å². The van der Waals surface area contributed by atoms with Gasteiger partial charge >= 0.3 is 0 Å². The van der Waals surface area contributed by atoms with Gasteiger partial charge < -0.3 is 15.4 Å². The highest BCUT2D eigenvalue weighted by Crippen LogP contribution is 2.18. The molecule has 4 nitrogen and oxygen atoms in total. The molecule has 0 radical (unpaired) electrons. The molecule has 18 heavy (non-hydrogen) atoms. The van der Waals surface area contributed by atoms with Crippen LogP contribution in [-0.2, 0) is 4.74 Å². The first kappa shape index (κ1) is 13.2. The van der Waals surface area contributed by atoms with Crippen LogP contribution in [0.3, 0.4) is 0 Å². The molecule has 1 atom stereocenters. The SMILES string of the molecule is COCC(C)N1CCN(c2ccc(N)cc2)CC1. The molecule has 0 saturated carbocycles. The lowest BCUT2D eigenvalue weighted by Crippen LogP contribution is -2.50. The molecule has 0 aliphatic carbocycles. The first-order chi connectivity index (χ1) is 8.70. The lowest BCUT2D eigenvalue weighted by Gasteiger charge is -2.39. The zero-order chi connectivity index (χ0) is 13.0. The molecular formula is C14H23N3O. The molecule has 1 aliphatic rings. The Labute approximate surface area is 109 Å². The van der Waals surface area contributed by atoms with Gasteiger partial charge in [0.15, 0.2) is 0 Å². The van der Waals surface area contributed by atoms with Crippen LogP contribution in [0, 0.1) is 0 Å². The topological polar surface area (TPSA) is 41.7 Å². The Balaban J connectivity index is 1.88. The molecule has 0 aromatic heterocycles. The van der Waals surface area contributed by atoms with Gasteiger partial charge in [-0.15, -0.1) is 0 Å². The molecule has 4 heteroatoms. The van der Waals surface area contributed by atoms with Gasteiger partial charge in [-0.25, -0.2) is 0 Å². The Morgan fingerprint density at radius 1 is 1.17 bits per heavy atom. The highest BCUT2D eigenvalue weighted by atomic mass is 16.5. The molecule has 1 aliphatic heterocycles. The average Bonchev–Trinajstić information content (AvgIpc) is 2.40. The summed E-state index contributed by atoms with van der Waals surface area (Å²) in [5.41, 5.74) is 7.80. The molecule has 1 aromatic rings. The van der Waals surface area contributed by atoms with Gasteiger partial charge in [-0.3, -0.25) is 4.90 Å². The van der Waals surface area contributed by atoms with Crippen LogP contribution in [0.5, 0.6) is 0 Å². The molecule has 100 valence electrons. The van der Waals surface area contributed by atoms with Crippen molar-refractivity contribution in [1.82, 2.24) is 4.90 Å². The minimum Gasteiger partial charge on any atom is -0.399 e. The summed E-state index contributed by atoms with van der Waals surface area (Å²) >= 11 is 0. The fourth-order valence-corrected chi connectivity index (χ4v) is 2.45. The van der Waals surface area contributed by atoms with Crippen molar-refractivity contribution in [3.05, 3.63) is 24.3 Å². The first-order valence-corrected chi connectivity index (χ1v) is 6.54.